The van der Waals surface area contributed by atoms with Gasteiger partial charge in [0, 0.05) is 13.1 Å². The number of methoxy groups -OCH3 is 1. The number of rotatable bonds is 8. The first kappa shape index (κ1) is 21.7. The van der Waals surface area contributed by atoms with Crippen LogP contribution in [0.2, 0.25) is 0 Å². The van der Waals surface area contributed by atoms with E-state index >= 15 is 0 Å². The summed E-state index contributed by atoms with van der Waals surface area (Å²) in [6.07, 6.45) is 0. The zero-order chi connectivity index (χ0) is 20.9. The molecular formula is C20H25FN2O4S. The Hall–Kier alpha value is -2.61. The average molecular weight is 408 g/mol. The summed E-state index contributed by atoms with van der Waals surface area (Å²) in [6, 6.07) is 9.79. The molecular weight excluding hydrogens is 383 g/mol. The summed E-state index contributed by atoms with van der Waals surface area (Å²) in [5, 5.41) is 0. The van der Waals surface area contributed by atoms with E-state index in [4.69, 9.17) is 4.74 Å². The molecule has 2 rings (SSSR count). The van der Waals surface area contributed by atoms with Crippen molar-refractivity contribution >= 4 is 21.6 Å². The molecule has 0 aliphatic carbocycles. The molecule has 0 N–H and O–H groups in total. The highest BCUT2D eigenvalue weighted by Gasteiger charge is 2.31. The van der Waals surface area contributed by atoms with E-state index < -0.39 is 22.4 Å². The predicted octanol–water partition coefficient (Wildman–Crippen LogP) is 3.21. The van der Waals surface area contributed by atoms with Crippen molar-refractivity contribution in [1.82, 2.24) is 4.90 Å². The Morgan fingerprint density at radius 1 is 1.07 bits per heavy atom. The van der Waals surface area contributed by atoms with Gasteiger partial charge < -0.3 is 9.64 Å². The van der Waals surface area contributed by atoms with Gasteiger partial charge in [-0.05, 0) is 62.7 Å². The minimum atomic E-state index is -4.14. The second-order valence-electron chi connectivity index (χ2n) is 6.21. The number of carbonyl (C=O) groups excluding carboxylic acids is 1. The average Bonchev–Trinajstić information content (AvgIpc) is 2.67. The maximum atomic E-state index is 13.5. The number of amides is 1. The number of nitrogens with zero attached hydrogens (tertiary/aromatic N) is 2. The maximum Gasteiger partial charge on any atom is 0.268 e. The van der Waals surface area contributed by atoms with Gasteiger partial charge in [-0.2, -0.15) is 0 Å². The number of likely N-dealkylation sites (N-methyl/N-ethyl adjacent to an activating group) is 1. The van der Waals surface area contributed by atoms with Crippen LogP contribution in [-0.4, -0.2) is 46.0 Å². The standard InChI is InChI=1S/C20H25FN2O4S/c1-5-22(6-2)20(24)14-23(17-10-8-16(21)9-11-17)28(25,26)19-13-15(3)7-12-18(19)27-4/h7-13H,5-6,14H2,1-4H3. The van der Waals surface area contributed by atoms with Crippen molar-refractivity contribution in [3.63, 3.8) is 0 Å². The molecule has 0 aliphatic heterocycles. The lowest BCUT2D eigenvalue weighted by atomic mass is 10.2. The molecule has 0 aliphatic rings. The normalized spacial score (nSPS) is 11.2. The molecule has 6 nitrogen and oxygen atoms in total. The third kappa shape index (κ3) is 4.62. The molecule has 2 aromatic rings. The Balaban J connectivity index is 2.59. The molecule has 2 aromatic carbocycles. The fraction of sp³-hybridized carbons (Fsp3) is 0.350. The SMILES string of the molecule is CCN(CC)C(=O)CN(c1ccc(F)cc1)S(=O)(=O)c1cc(C)ccc1OC. The molecule has 1 amide bonds. The van der Waals surface area contributed by atoms with Gasteiger partial charge in [0.1, 0.15) is 23.0 Å². The highest BCUT2D eigenvalue weighted by atomic mass is 32.2. The number of hydrogen-bond donors (Lipinski definition) is 0. The van der Waals surface area contributed by atoms with Gasteiger partial charge in [-0.25, -0.2) is 12.8 Å². The molecule has 0 spiro atoms. The summed E-state index contributed by atoms with van der Waals surface area (Å²) in [5.74, 6) is -0.665. The fourth-order valence-electron chi connectivity index (χ4n) is 2.83. The molecule has 0 unspecified atom stereocenters. The van der Waals surface area contributed by atoms with E-state index in [1.165, 1.54) is 25.3 Å². The highest BCUT2D eigenvalue weighted by molar-refractivity contribution is 7.93. The number of hydrogen-bond acceptors (Lipinski definition) is 4. The van der Waals surface area contributed by atoms with Gasteiger partial charge in [-0.3, -0.25) is 9.10 Å². The lowest BCUT2D eigenvalue weighted by Gasteiger charge is -2.28. The largest absolute Gasteiger partial charge is 0.495 e. The van der Waals surface area contributed by atoms with E-state index in [2.05, 4.69) is 0 Å². The van der Waals surface area contributed by atoms with Crippen LogP contribution in [0.25, 0.3) is 0 Å². The predicted molar refractivity (Wildman–Crippen MR) is 107 cm³/mol. The molecule has 0 fully saturated rings. The van der Waals surface area contributed by atoms with Crippen LogP contribution in [0.1, 0.15) is 19.4 Å². The summed E-state index contributed by atoms with van der Waals surface area (Å²) < 4.78 is 46.5. The summed E-state index contributed by atoms with van der Waals surface area (Å²) in [7, 11) is -2.76. The van der Waals surface area contributed by atoms with Gasteiger partial charge in [0.25, 0.3) is 10.0 Å². The van der Waals surface area contributed by atoms with Crippen LogP contribution in [0.15, 0.2) is 47.4 Å². The van der Waals surface area contributed by atoms with Crippen LogP contribution >= 0.6 is 0 Å². The maximum absolute atomic E-state index is 13.5. The third-order valence-electron chi connectivity index (χ3n) is 4.40. The van der Waals surface area contributed by atoms with Crippen molar-refractivity contribution < 1.29 is 22.3 Å². The highest BCUT2D eigenvalue weighted by Crippen LogP contribution is 2.31. The van der Waals surface area contributed by atoms with Gasteiger partial charge in [-0.15, -0.1) is 0 Å². The smallest absolute Gasteiger partial charge is 0.268 e. The molecule has 28 heavy (non-hydrogen) atoms. The quantitative estimate of drug-likeness (QED) is 0.673. The van der Waals surface area contributed by atoms with E-state index in [0.717, 1.165) is 22.0 Å². The Bertz CT molecular complexity index is 926. The van der Waals surface area contributed by atoms with E-state index in [1.54, 1.807) is 24.0 Å². The Kier molecular flexibility index (Phi) is 7.01. The molecule has 0 heterocycles. The summed E-state index contributed by atoms with van der Waals surface area (Å²) in [6.45, 7) is 5.93. The molecule has 152 valence electrons. The monoisotopic (exact) mass is 408 g/mol. The molecule has 0 saturated heterocycles. The van der Waals surface area contributed by atoms with Crippen molar-refractivity contribution in [2.75, 3.05) is 31.0 Å². The van der Waals surface area contributed by atoms with Crippen molar-refractivity contribution in [3.8, 4) is 5.75 Å². The second kappa shape index (κ2) is 9.05. The number of anilines is 1. The van der Waals surface area contributed by atoms with Crippen molar-refractivity contribution in [2.24, 2.45) is 0 Å². The molecule has 0 aromatic heterocycles. The molecule has 0 saturated carbocycles. The van der Waals surface area contributed by atoms with Crippen LogP contribution in [0.5, 0.6) is 5.75 Å². The minimum absolute atomic E-state index is 0.0494. The summed E-state index contributed by atoms with van der Waals surface area (Å²) in [5.41, 5.74) is 0.930. The van der Waals surface area contributed by atoms with Crippen LogP contribution in [0.3, 0.4) is 0 Å². The van der Waals surface area contributed by atoms with Gasteiger partial charge in [-0.1, -0.05) is 6.07 Å². The zero-order valence-electron chi connectivity index (χ0n) is 16.5. The van der Waals surface area contributed by atoms with Crippen molar-refractivity contribution in [1.29, 1.82) is 0 Å². The fourth-order valence-corrected chi connectivity index (χ4v) is 4.48. The number of benzene rings is 2. The van der Waals surface area contributed by atoms with Crippen molar-refractivity contribution in [2.45, 2.75) is 25.7 Å². The van der Waals surface area contributed by atoms with Gasteiger partial charge in [0.05, 0.1) is 12.8 Å². The summed E-state index contributed by atoms with van der Waals surface area (Å²) >= 11 is 0. The molecule has 0 radical (unpaired) electrons. The Morgan fingerprint density at radius 2 is 1.68 bits per heavy atom. The van der Waals surface area contributed by atoms with Crippen LogP contribution in [0.4, 0.5) is 10.1 Å². The third-order valence-corrected chi connectivity index (χ3v) is 6.19. The molecule has 0 bridgehead atoms. The van der Waals surface area contributed by atoms with Gasteiger partial charge in [0.15, 0.2) is 0 Å². The molecule has 8 heteroatoms. The number of ether oxygens (including phenoxy) is 1. The minimum Gasteiger partial charge on any atom is -0.495 e. The number of aryl methyl sites for hydroxylation is 1. The first-order valence-corrected chi connectivity index (χ1v) is 10.4. The van der Waals surface area contributed by atoms with Gasteiger partial charge >= 0.3 is 0 Å². The summed E-state index contributed by atoms with van der Waals surface area (Å²) in [4.78, 5) is 14.2. The number of halogens is 1. The van der Waals surface area contributed by atoms with E-state index in [0.29, 0.717) is 13.1 Å². The van der Waals surface area contributed by atoms with E-state index in [9.17, 15) is 17.6 Å². The Morgan fingerprint density at radius 3 is 2.21 bits per heavy atom. The first-order valence-electron chi connectivity index (χ1n) is 8.95. The van der Waals surface area contributed by atoms with Crippen LogP contribution in [-0.2, 0) is 14.8 Å². The topological polar surface area (TPSA) is 66.9 Å². The first-order chi connectivity index (χ1) is 13.2. The van der Waals surface area contributed by atoms with Crippen molar-refractivity contribution in [3.05, 3.63) is 53.8 Å². The van der Waals surface area contributed by atoms with Crippen LogP contribution < -0.4 is 9.04 Å². The van der Waals surface area contributed by atoms with Gasteiger partial charge in [0.2, 0.25) is 5.91 Å². The Labute approximate surface area is 165 Å². The lowest BCUT2D eigenvalue weighted by molar-refractivity contribution is -0.129. The lowest BCUT2D eigenvalue weighted by Crippen LogP contribution is -2.43. The van der Waals surface area contributed by atoms with E-state index in [-0.39, 0.29) is 22.2 Å². The number of carbonyl (C=O) groups is 1. The number of sulfonamides is 1. The van der Waals surface area contributed by atoms with Crippen LogP contribution in [0, 0.1) is 12.7 Å². The second-order valence-corrected chi connectivity index (χ2v) is 8.04. The zero-order valence-corrected chi connectivity index (χ0v) is 17.3. The molecule has 0 atom stereocenters. The van der Waals surface area contributed by atoms with E-state index in [1.807, 2.05) is 13.8 Å².